The summed E-state index contributed by atoms with van der Waals surface area (Å²) in [6, 6.07) is 14.1. The summed E-state index contributed by atoms with van der Waals surface area (Å²) in [6.45, 7) is 2.42. The van der Waals surface area contributed by atoms with E-state index < -0.39 is 18.0 Å². The van der Waals surface area contributed by atoms with E-state index in [1.165, 1.54) is 6.92 Å². The second-order valence-electron chi connectivity index (χ2n) is 6.78. The first-order chi connectivity index (χ1) is 14.0. The third-order valence-corrected chi connectivity index (χ3v) is 4.77. The summed E-state index contributed by atoms with van der Waals surface area (Å²) in [5.41, 5.74) is 1.78. The maximum Gasteiger partial charge on any atom is 0.338 e. The molecule has 0 aliphatic carbocycles. The summed E-state index contributed by atoms with van der Waals surface area (Å²) in [5, 5.41) is 2.74. The Kier molecular flexibility index (Phi) is 6.49. The fraction of sp³-hybridized carbons (Fsp3) is 0.318. The Morgan fingerprint density at radius 2 is 1.97 bits per heavy atom. The van der Waals surface area contributed by atoms with Crippen LogP contribution in [-0.4, -0.2) is 37.5 Å². The Hall–Kier alpha value is -3.35. The van der Waals surface area contributed by atoms with Crippen LogP contribution in [-0.2, 0) is 20.9 Å². The Morgan fingerprint density at radius 3 is 2.69 bits per heavy atom. The SMILES string of the molecule is COc1ccccc1CNC(=O)[C@H](C)OC(=O)c1cccc(N2CCCC2=O)c1. The first-order valence-electron chi connectivity index (χ1n) is 9.50. The van der Waals surface area contributed by atoms with Crippen LogP contribution in [0.1, 0.15) is 35.7 Å². The van der Waals surface area contributed by atoms with Crippen molar-refractivity contribution in [3.63, 3.8) is 0 Å². The third kappa shape index (κ3) is 4.93. The Morgan fingerprint density at radius 1 is 1.17 bits per heavy atom. The van der Waals surface area contributed by atoms with Gasteiger partial charge >= 0.3 is 5.97 Å². The van der Waals surface area contributed by atoms with Gasteiger partial charge in [0.05, 0.1) is 12.7 Å². The van der Waals surface area contributed by atoms with E-state index >= 15 is 0 Å². The molecule has 3 rings (SSSR count). The standard InChI is InChI=1S/C22H24N2O5/c1-15(21(26)23-14-17-7-3-4-10-19(17)28-2)29-22(27)16-8-5-9-18(13-16)24-12-6-11-20(24)25/h3-5,7-10,13,15H,6,11-12,14H2,1-2H3,(H,23,26)/t15-/m0/s1. The van der Waals surface area contributed by atoms with Crippen LogP contribution in [0.5, 0.6) is 5.75 Å². The molecular weight excluding hydrogens is 372 g/mol. The summed E-state index contributed by atoms with van der Waals surface area (Å²) < 4.78 is 10.6. The molecule has 2 amide bonds. The number of rotatable bonds is 7. The number of carbonyl (C=O) groups is 3. The molecule has 1 fully saturated rings. The van der Waals surface area contributed by atoms with Crippen LogP contribution < -0.4 is 15.0 Å². The number of benzene rings is 2. The van der Waals surface area contributed by atoms with Crippen molar-refractivity contribution in [2.75, 3.05) is 18.6 Å². The monoisotopic (exact) mass is 396 g/mol. The van der Waals surface area contributed by atoms with E-state index in [2.05, 4.69) is 5.32 Å². The number of ether oxygens (including phenoxy) is 2. The number of nitrogens with zero attached hydrogens (tertiary/aromatic N) is 1. The van der Waals surface area contributed by atoms with Crippen LogP contribution in [0, 0.1) is 0 Å². The quantitative estimate of drug-likeness (QED) is 0.728. The molecule has 0 aromatic heterocycles. The van der Waals surface area contributed by atoms with Gasteiger partial charge in [0.2, 0.25) is 5.91 Å². The first-order valence-corrected chi connectivity index (χ1v) is 9.50. The maximum absolute atomic E-state index is 12.5. The van der Waals surface area contributed by atoms with Crippen LogP contribution in [0.25, 0.3) is 0 Å². The van der Waals surface area contributed by atoms with E-state index in [1.807, 2.05) is 24.3 Å². The van der Waals surface area contributed by atoms with Gasteiger partial charge in [-0.1, -0.05) is 24.3 Å². The van der Waals surface area contributed by atoms with Crippen LogP contribution >= 0.6 is 0 Å². The Labute approximate surface area is 169 Å². The van der Waals surface area contributed by atoms with Gasteiger partial charge in [-0.3, -0.25) is 9.59 Å². The average Bonchev–Trinajstić information content (AvgIpc) is 3.18. The van der Waals surface area contributed by atoms with Gasteiger partial charge in [-0.2, -0.15) is 0 Å². The third-order valence-electron chi connectivity index (χ3n) is 4.77. The summed E-state index contributed by atoms with van der Waals surface area (Å²) in [6.07, 6.45) is 0.351. The molecule has 2 aromatic carbocycles. The largest absolute Gasteiger partial charge is 0.496 e. The highest BCUT2D eigenvalue weighted by Gasteiger charge is 2.23. The van der Waals surface area contributed by atoms with E-state index in [0.717, 1.165) is 12.0 Å². The highest BCUT2D eigenvalue weighted by molar-refractivity contribution is 5.98. The first kappa shape index (κ1) is 20.4. The highest BCUT2D eigenvalue weighted by atomic mass is 16.5. The van der Waals surface area contributed by atoms with Gasteiger partial charge < -0.3 is 19.7 Å². The highest BCUT2D eigenvalue weighted by Crippen LogP contribution is 2.23. The van der Waals surface area contributed by atoms with Crippen molar-refractivity contribution in [1.82, 2.24) is 5.32 Å². The molecular formula is C22H24N2O5. The minimum absolute atomic E-state index is 0.0413. The van der Waals surface area contributed by atoms with Crippen molar-refractivity contribution < 1.29 is 23.9 Å². The number of methoxy groups -OCH3 is 1. The molecule has 1 atom stereocenters. The molecule has 2 aromatic rings. The van der Waals surface area contributed by atoms with Crippen LogP contribution in [0.15, 0.2) is 48.5 Å². The van der Waals surface area contributed by atoms with Gasteiger partial charge in [-0.25, -0.2) is 4.79 Å². The molecule has 0 bridgehead atoms. The summed E-state index contributed by atoms with van der Waals surface area (Å²) in [5.74, 6) is -0.307. The lowest BCUT2D eigenvalue weighted by Crippen LogP contribution is -2.35. The molecule has 1 aliphatic heterocycles. The lowest BCUT2D eigenvalue weighted by molar-refractivity contribution is -0.129. The zero-order chi connectivity index (χ0) is 20.8. The van der Waals surface area contributed by atoms with Gasteiger partial charge in [0, 0.05) is 30.8 Å². The fourth-order valence-electron chi connectivity index (χ4n) is 3.18. The van der Waals surface area contributed by atoms with E-state index in [-0.39, 0.29) is 12.5 Å². The maximum atomic E-state index is 12.5. The van der Waals surface area contributed by atoms with Gasteiger partial charge in [0.25, 0.3) is 5.91 Å². The van der Waals surface area contributed by atoms with E-state index in [1.54, 1.807) is 36.3 Å². The average molecular weight is 396 g/mol. The molecule has 1 aliphatic rings. The molecule has 152 valence electrons. The number of anilines is 1. The number of para-hydroxylation sites is 1. The molecule has 0 spiro atoms. The summed E-state index contributed by atoms with van der Waals surface area (Å²) in [4.78, 5) is 38.3. The molecule has 1 N–H and O–H groups in total. The van der Waals surface area contributed by atoms with Crippen molar-refractivity contribution in [3.05, 3.63) is 59.7 Å². The van der Waals surface area contributed by atoms with E-state index in [0.29, 0.717) is 30.0 Å². The van der Waals surface area contributed by atoms with Crippen LogP contribution in [0.3, 0.4) is 0 Å². The van der Waals surface area contributed by atoms with Gasteiger partial charge in [-0.15, -0.1) is 0 Å². The van der Waals surface area contributed by atoms with Crippen LogP contribution in [0.2, 0.25) is 0 Å². The van der Waals surface area contributed by atoms with E-state index in [9.17, 15) is 14.4 Å². The molecule has 29 heavy (non-hydrogen) atoms. The zero-order valence-electron chi connectivity index (χ0n) is 16.5. The number of hydrogen-bond donors (Lipinski definition) is 1. The number of carbonyl (C=O) groups excluding carboxylic acids is 3. The molecule has 1 heterocycles. The number of amides is 2. The van der Waals surface area contributed by atoms with Crippen molar-refractivity contribution in [3.8, 4) is 5.75 Å². The molecule has 7 nitrogen and oxygen atoms in total. The molecule has 7 heteroatoms. The molecule has 0 unspecified atom stereocenters. The smallest absolute Gasteiger partial charge is 0.338 e. The predicted molar refractivity (Wildman–Crippen MR) is 108 cm³/mol. The zero-order valence-corrected chi connectivity index (χ0v) is 16.5. The summed E-state index contributed by atoms with van der Waals surface area (Å²) >= 11 is 0. The minimum Gasteiger partial charge on any atom is -0.496 e. The minimum atomic E-state index is -0.964. The molecule has 0 saturated carbocycles. The van der Waals surface area contributed by atoms with Gasteiger partial charge in [0.15, 0.2) is 6.10 Å². The fourth-order valence-corrected chi connectivity index (χ4v) is 3.18. The Bertz CT molecular complexity index is 912. The topological polar surface area (TPSA) is 84.9 Å². The lowest BCUT2D eigenvalue weighted by Gasteiger charge is -2.17. The van der Waals surface area contributed by atoms with Gasteiger partial charge in [0.1, 0.15) is 5.75 Å². The lowest BCUT2D eigenvalue weighted by atomic mass is 10.2. The van der Waals surface area contributed by atoms with E-state index in [4.69, 9.17) is 9.47 Å². The summed E-state index contributed by atoms with van der Waals surface area (Å²) in [7, 11) is 1.56. The second-order valence-corrected chi connectivity index (χ2v) is 6.78. The van der Waals surface area contributed by atoms with Crippen molar-refractivity contribution >= 4 is 23.5 Å². The molecule has 0 radical (unpaired) electrons. The van der Waals surface area contributed by atoms with Crippen molar-refractivity contribution in [1.29, 1.82) is 0 Å². The normalized spacial score (nSPS) is 14.4. The van der Waals surface area contributed by atoms with Crippen molar-refractivity contribution in [2.24, 2.45) is 0 Å². The van der Waals surface area contributed by atoms with Crippen LogP contribution in [0.4, 0.5) is 5.69 Å². The molecule has 1 saturated heterocycles. The van der Waals surface area contributed by atoms with Crippen molar-refractivity contribution in [2.45, 2.75) is 32.4 Å². The van der Waals surface area contributed by atoms with Gasteiger partial charge in [-0.05, 0) is 37.6 Å². The number of esters is 1. The second kappa shape index (κ2) is 9.23. The Balaban J connectivity index is 1.58. The number of nitrogens with one attached hydrogen (secondary N) is 1. The predicted octanol–water partition coefficient (Wildman–Crippen LogP) is 2.68. The number of hydrogen-bond acceptors (Lipinski definition) is 5.